The van der Waals surface area contributed by atoms with Crippen molar-refractivity contribution in [3.05, 3.63) is 28.8 Å². The lowest BCUT2D eigenvalue weighted by Gasteiger charge is -2.29. The predicted molar refractivity (Wildman–Crippen MR) is 85.8 cm³/mol. The molecule has 0 saturated heterocycles. The molecule has 0 aromatic heterocycles. The highest BCUT2D eigenvalue weighted by Crippen LogP contribution is 2.37. The van der Waals surface area contributed by atoms with Crippen molar-refractivity contribution >= 4 is 5.91 Å². The molecular weight excluding hydrogens is 280 g/mol. The highest BCUT2D eigenvalue weighted by atomic mass is 16.5. The number of hydrogen-bond donors (Lipinski definition) is 2. The van der Waals surface area contributed by atoms with Crippen molar-refractivity contribution in [3.8, 4) is 5.75 Å². The van der Waals surface area contributed by atoms with Crippen LogP contribution in [0.25, 0.3) is 0 Å². The molecule has 0 spiro atoms. The van der Waals surface area contributed by atoms with E-state index in [9.17, 15) is 4.79 Å². The van der Waals surface area contributed by atoms with Gasteiger partial charge >= 0.3 is 0 Å². The molecule has 1 aromatic carbocycles. The van der Waals surface area contributed by atoms with Crippen LogP contribution in [0, 0.1) is 12.8 Å². The summed E-state index contributed by atoms with van der Waals surface area (Å²) in [5.41, 5.74) is 9.22. The first-order chi connectivity index (χ1) is 10.4. The highest BCUT2D eigenvalue weighted by molar-refractivity contribution is 5.78. The molecule has 0 fully saturated rings. The van der Waals surface area contributed by atoms with E-state index in [4.69, 9.17) is 15.2 Å². The van der Waals surface area contributed by atoms with E-state index >= 15 is 0 Å². The number of aryl methyl sites for hydroxylation is 1. The van der Waals surface area contributed by atoms with E-state index < -0.39 is 0 Å². The summed E-state index contributed by atoms with van der Waals surface area (Å²) >= 11 is 0. The lowest BCUT2D eigenvalue weighted by molar-refractivity contribution is -0.124. The van der Waals surface area contributed by atoms with Crippen molar-refractivity contribution in [3.63, 3.8) is 0 Å². The van der Waals surface area contributed by atoms with Gasteiger partial charge in [-0.15, -0.1) is 0 Å². The Morgan fingerprint density at radius 1 is 1.50 bits per heavy atom. The molecule has 22 heavy (non-hydrogen) atoms. The summed E-state index contributed by atoms with van der Waals surface area (Å²) in [7, 11) is 1.64. The lowest BCUT2D eigenvalue weighted by Crippen LogP contribution is -2.35. The largest absolute Gasteiger partial charge is 0.493 e. The van der Waals surface area contributed by atoms with E-state index in [0.29, 0.717) is 13.2 Å². The minimum Gasteiger partial charge on any atom is -0.493 e. The zero-order valence-electron chi connectivity index (χ0n) is 13.8. The van der Waals surface area contributed by atoms with Gasteiger partial charge in [-0.3, -0.25) is 4.79 Å². The maximum atomic E-state index is 12.0. The van der Waals surface area contributed by atoms with Crippen molar-refractivity contribution in [2.24, 2.45) is 11.7 Å². The minimum absolute atomic E-state index is 0.0213. The molecule has 1 aliphatic heterocycles. The Balaban J connectivity index is 2.33. The molecule has 5 nitrogen and oxygen atoms in total. The Hall–Kier alpha value is -1.59. The summed E-state index contributed by atoms with van der Waals surface area (Å²) in [5, 5.41) is 3.11. The van der Waals surface area contributed by atoms with Crippen molar-refractivity contribution < 1.29 is 14.3 Å². The number of carbonyl (C=O) groups excluding carboxylic acids is 1. The zero-order valence-corrected chi connectivity index (χ0v) is 13.8. The predicted octanol–water partition coefficient (Wildman–Crippen LogP) is 2.24. The summed E-state index contributed by atoms with van der Waals surface area (Å²) in [6, 6.07) is 3.87. The van der Waals surface area contributed by atoms with Gasteiger partial charge in [0.2, 0.25) is 5.91 Å². The molecule has 0 radical (unpaired) electrons. The van der Waals surface area contributed by atoms with Gasteiger partial charge in [0.25, 0.3) is 0 Å². The fraction of sp³-hybridized carbons (Fsp3) is 0.588. The topological polar surface area (TPSA) is 73.6 Å². The Bertz CT molecular complexity index is 543. The third kappa shape index (κ3) is 3.59. The molecule has 2 unspecified atom stereocenters. The quantitative estimate of drug-likeness (QED) is 0.875. The number of ether oxygens (including phenoxy) is 2. The fourth-order valence-electron chi connectivity index (χ4n) is 2.70. The number of amides is 1. The third-order valence-electron chi connectivity index (χ3n) is 3.97. The van der Waals surface area contributed by atoms with E-state index in [1.54, 1.807) is 7.11 Å². The second kappa shape index (κ2) is 7.11. The minimum atomic E-state index is -0.183. The van der Waals surface area contributed by atoms with E-state index in [0.717, 1.165) is 28.9 Å². The maximum absolute atomic E-state index is 12.0. The van der Waals surface area contributed by atoms with Gasteiger partial charge in [0.1, 0.15) is 5.75 Å². The third-order valence-corrected chi connectivity index (χ3v) is 3.97. The number of fused-ring (bicyclic) bond motifs is 1. The first-order valence-electron chi connectivity index (χ1n) is 7.76. The Morgan fingerprint density at radius 2 is 2.23 bits per heavy atom. The molecule has 122 valence electrons. The van der Waals surface area contributed by atoms with E-state index in [1.807, 2.05) is 32.9 Å². The molecule has 1 aliphatic rings. The van der Waals surface area contributed by atoms with Crippen molar-refractivity contribution in [2.45, 2.75) is 39.3 Å². The molecule has 2 atom stereocenters. The summed E-state index contributed by atoms with van der Waals surface area (Å²) in [6.07, 6.45) is 0.772. The summed E-state index contributed by atoms with van der Waals surface area (Å²) in [4.78, 5) is 12.0. The Labute approximate surface area is 132 Å². The van der Waals surface area contributed by atoms with Crippen LogP contribution in [0.3, 0.4) is 0 Å². The van der Waals surface area contributed by atoms with E-state index in [1.165, 1.54) is 0 Å². The standard InChI is InChI=1S/C17H26N2O3/c1-10(2)17(20)19-15-5-6-22-16-11(3)7-12(8-13(15)16)14(18)9-21-4/h7-8,10,14-15H,5-6,9,18H2,1-4H3,(H,19,20). The van der Waals surface area contributed by atoms with Crippen LogP contribution >= 0.6 is 0 Å². The maximum Gasteiger partial charge on any atom is 0.223 e. The molecule has 2 rings (SSSR count). The Kier molecular flexibility index (Phi) is 5.42. The van der Waals surface area contributed by atoms with Crippen LogP contribution < -0.4 is 15.8 Å². The average Bonchev–Trinajstić information content (AvgIpc) is 2.48. The summed E-state index contributed by atoms with van der Waals surface area (Å²) in [5.74, 6) is 0.891. The van der Waals surface area contributed by atoms with Crippen LogP contribution in [0.2, 0.25) is 0 Å². The zero-order chi connectivity index (χ0) is 16.3. The highest BCUT2D eigenvalue weighted by Gasteiger charge is 2.26. The number of carbonyl (C=O) groups is 1. The van der Waals surface area contributed by atoms with Crippen LogP contribution in [0.1, 0.15) is 49.0 Å². The number of benzene rings is 1. The van der Waals surface area contributed by atoms with Crippen molar-refractivity contribution in [2.75, 3.05) is 20.3 Å². The molecule has 0 bridgehead atoms. The molecule has 5 heteroatoms. The van der Waals surface area contributed by atoms with Crippen LogP contribution in [0.15, 0.2) is 12.1 Å². The van der Waals surface area contributed by atoms with Crippen LogP contribution in [0.5, 0.6) is 5.75 Å². The van der Waals surface area contributed by atoms with Crippen LogP contribution in [0.4, 0.5) is 0 Å². The fourth-order valence-corrected chi connectivity index (χ4v) is 2.70. The van der Waals surface area contributed by atoms with Crippen LogP contribution in [-0.4, -0.2) is 26.2 Å². The average molecular weight is 306 g/mol. The number of methoxy groups -OCH3 is 1. The number of rotatable bonds is 5. The first kappa shape index (κ1) is 16.8. The smallest absolute Gasteiger partial charge is 0.223 e. The van der Waals surface area contributed by atoms with E-state index in [-0.39, 0.29) is 23.9 Å². The van der Waals surface area contributed by atoms with Gasteiger partial charge in [-0.1, -0.05) is 19.9 Å². The second-order valence-electron chi connectivity index (χ2n) is 6.17. The first-order valence-corrected chi connectivity index (χ1v) is 7.76. The molecule has 1 aromatic rings. The van der Waals surface area contributed by atoms with E-state index in [2.05, 4.69) is 5.32 Å². The molecule has 1 amide bonds. The SMILES string of the molecule is COCC(N)c1cc(C)c2c(c1)C(NC(=O)C(C)C)CCO2. The number of nitrogens with one attached hydrogen (secondary N) is 1. The summed E-state index contributed by atoms with van der Waals surface area (Å²) in [6.45, 7) is 6.87. The molecule has 3 N–H and O–H groups in total. The molecule has 1 heterocycles. The van der Waals surface area contributed by atoms with Gasteiger partial charge in [0, 0.05) is 25.0 Å². The Morgan fingerprint density at radius 3 is 2.86 bits per heavy atom. The molecule has 0 saturated carbocycles. The molecule has 0 aliphatic carbocycles. The van der Waals surface area contributed by atoms with Crippen molar-refractivity contribution in [1.29, 1.82) is 0 Å². The second-order valence-corrected chi connectivity index (χ2v) is 6.17. The van der Waals surface area contributed by atoms with Gasteiger partial charge in [-0.25, -0.2) is 0 Å². The van der Waals surface area contributed by atoms with Gasteiger partial charge in [-0.2, -0.15) is 0 Å². The van der Waals surface area contributed by atoms with Crippen LogP contribution in [-0.2, 0) is 9.53 Å². The van der Waals surface area contributed by atoms with Crippen molar-refractivity contribution in [1.82, 2.24) is 5.32 Å². The summed E-state index contributed by atoms with van der Waals surface area (Å²) < 4.78 is 10.9. The normalized spacial score (nSPS) is 18.5. The molecular formula is C17H26N2O3. The lowest BCUT2D eigenvalue weighted by atomic mass is 9.93. The number of hydrogen-bond acceptors (Lipinski definition) is 4. The number of nitrogens with two attached hydrogens (primary N) is 1. The van der Waals surface area contributed by atoms with Gasteiger partial charge in [-0.05, 0) is 24.1 Å². The van der Waals surface area contributed by atoms with Gasteiger partial charge in [0.05, 0.1) is 25.3 Å². The van der Waals surface area contributed by atoms with Gasteiger partial charge < -0.3 is 20.5 Å². The monoisotopic (exact) mass is 306 g/mol. The van der Waals surface area contributed by atoms with Gasteiger partial charge in [0.15, 0.2) is 0 Å².